The van der Waals surface area contributed by atoms with E-state index in [4.69, 9.17) is 0 Å². The van der Waals surface area contributed by atoms with Crippen molar-refractivity contribution in [1.82, 2.24) is 0 Å². The van der Waals surface area contributed by atoms with Crippen molar-refractivity contribution in [3.63, 3.8) is 0 Å². The van der Waals surface area contributed by atoms with Gasteiger partial charge < -0.3 is 0 Å². The highest BCUT2D eigenvalue weighted by Crippen LogP contribution is 2.11. The number of benzene rings is 1. The molecule has 0 bridgehead atoms. The first-order valence-corrected chi connectivity index (χ1v) is 3.47. The predicted octanol–water partition coefficient (Wildman–Crippen LogP) is 2.79. The Bertz CT molecular complexity index is 254. The van der Waals surface area contributed by atoms with Gasteiger partial charge in [0.25, 0.3) is 5.69 Å². The molecule has 1 aromatic rings. The molecular formula is C9H13NO2. The van der Waals surface area contributed by atoms with Crippen LogP contribution in [0.1, 0.15) is 19.9 Å². The first kappa shape index (κ1) is 10.6. The zero-order valence-corrected chi connectivity index (χ0v) is 6.28. The minimum absolute atomic E-state index is 0. The molecule has 0 aromatic heterocycles. The second-order valence-corrected chi connectivity index (χ2v) is 2.28. The minimum Gasteiger partial charge on any atom is -0.258 e. The smallest absolute Gasteiger partial charge is 0.258 e. The van der Waals surface area contributed by atoms with Crippen LogP contribution in [0.2, 0.25) is 0 Å². The molecular weight excluding hydrogens is 154 g/mol. The Kier molecular flexibility index (Phi) is 3.97. The molecule has 0 N–H and O–H groups in total. The van der Waals surface area contributed by atoms with E-state index in [1.165, 1.54) is 12.1 Å². The number of nitrogens with zero attached hydrogens (tertiary/aromatic N) is 1. The third-order valence-electron chi connectivity index (χ3n) is 1.56. The minimum atomic E-state index is -0.389. The van der Waals surface area contributed by atoms with Crippen LogP contribution in [0.3, 0.4) is 0 Å². The number of nitro groups is 1. The van der Waals surface area contributed by atoms with E-state index in [1.54, 1.807) is 12.1 Å². The van der Waals surface area contributed by atoms with Gasteiger partial charge in [-0.2, -0.15) is 0 Å². The standard InChI is InChI=1S/C8H9NO2.CH4/c1-2-7-3-5-8(6-4-7)9(10)11;/h3-6H,2H2,1H3;1H4. The molecule has 0 unspecified atom stereocenters. The molecule has 1 rings (SSSR count). The lowest BCUT2D eigenvalue weighted by Gasteiger charge is -1.93. The van der Waals surface area contributed by atoms with Gasteiger partial charge in [-0.1, -0.05) is 26.5 Å². The molecule has 0 atom stereocenters. The van der Waals surface area contributed by atoms with Gasteiger partial charge in [-0.15, -0.1) is 0 Å². The van der Waals surface area contributed by atoms with Crippen LogP contribution in [0.4, 0.5) is 5.69 Å². The molecule has 0 aliphatic rings. The lowest BCUT2D eigenvalue weighted by molar-refractivity contribution is -0.384. The van der Waals surface area contributed by atoms with Crippen LogP contribution in [-0.2, 0) is 6.42 Å². The van der Waals surface area contributed by atoms with E-state index in [2.05, 4.69) is 0 Å². The summed E-state index contributed by atoms with van der Waals surface area (Å²) in [6.45, 7) is 2.02. The second-order valence-electron chi connectivity index (χ2n) is 2.28. The van der Waals surface area contributed by atoms with Crippen LogP contribution in [0.15, 0.2) is 24.3 Å². The fourth-order valence-corrected chi connectivity index (χ4v) is 0.853. The van der Waals surface area contributed by atoms with Gasteiger partial charge in [0.1, 0.15) is 0 Å². The van der Waals surface area contributed by atoms with E-state index in [0.29, 0.717) is 0 Å². The SMILES string of the molecule is C.CCc1ccc([N+](=O)[O-])cc1. The number of aryl methyl sites for hydroxylation is 1. The van der Waals surface area contributed by atoms with Crippen molar-refractivity contribution >= 4 is 5.69 Å². The number of hydrogen-bond acceptors (Lipinski definition) is 2. The molecule has 3 nitrogen and oxygen atoms in total. The van der Waals surface area contributed by atoms with Gasteiger partial charge in [0, 0.05) is 12.1 Å². The maximum absolute atomic E-state index is 10.2. The summed E-state index contributed by atoms with van der Waals surface area (Å²) in [4.78, 5) is 9.82. The van der Waals surface area contributed by atoms with Gasteiger partial charge in [-0.25, -0.2) is 0 Å². The Morgan fingerprint density at radius 2 is 1.83 bits per heavy atom. The summed E-state index contributed by atoms with van der Waals surface area (Å²) < 4.78 is 0. The lowest BCUT2D eigenvalue weighted by atomic mass is 10.2. The summed E-state index contributed by atoms with van der Waals surface area (Å²) in [6.07, 6.45) is 0.915. The van der Waals surface area contributed by atoms with E-state index < -0.39 is 0 Å². The summed E-state index contributed by atoms with van der Waals surface area (Å²) in [5.74, 6) is 0. The van der Waals surface area contributed by atoms with Crippen LogP contribution < -0.4 is 0 Å². The number of hydrogen-bond donors (Lipinski definition) is 0. The second kappa shape index (κ2) is 4.49. The molecule has 0 aliphatic heterocycles. The van der Waals surface area contributed by atoms with Gasteiger partial charge in [0.05, 0.1) is 4.92 Å². The van der Waals surface area contributed by atoms with Gasteiger partial charge >= 0.3 is 0 Å². The number of nitro benzene ring substituents is 1. The highest BCUT2D eigenvalue weighted by Gasteiger charge is 2.01. The maximum atomic E-state index is 10.2. The van der Waals surface area contributed by atoms with Crippen molar-refractivity contribution in [2.45, 2.75) is 20.8 Å². The third kappa shape index (κ3) is 2.34. The van der Waals surface area contributed by atoms with E-state index >= 15 is 0 Å². The zero-order valence-electron chi connectivity index (χ0n) is 6.28. The summed E-state index contributed by atoms with van der Waals surface area (Å²) in [7, 11) is 0. The first-order valence-electron chi connectivity index (χ1n) is 3.47. The van der Waals surface area contributed by atoms with Gasteiger partial charge in [-0.3, -0.25) is 10.1 Å². The average Bonchev–Trinajstić information content (AvgIpc) is 2.05. The molecule has 0 saturated carbocycles. The molecule has 0 heterocycles. The largest absolute Gasteiger partial charge is 0.269 e. The molecule has 0 saturated heterocycles. The van der Waals surface area contributed by atoms with Gasteiger partial charge in [-0.05, 0) is 12.0 Å². The quantitative estimate of drug-likeness (QED) is 0.502. The van der Waals surface area contributed by atoms with Crippen molar-refractivity contribution in [1.29, 1.82) is 0 Å². The average molecular weight is 167 g/mol. The molecule has 3 heteroatoms. The fraction of sp³-hybridized carbons (Fsp3) is 0.333. The Hall–Kier alpha value is -1.38. The normalized spacial score (nSPS) is 8.75. The van der Waals surface area contributed by atoms with Crippen molar-refractivity contribution in [2.75, 3.05) is 0 Å². The van der Waals surface area contributed by atoms with Crippen LogP contribution >= 0.6 is 0 Å². The molecule has 0 fully saturated rings. The molecule has 66 valence electrons. The van der Waals surface area contributed by atoms with E-state index in [0.717, 1.165) is 12.0 Å². The Labute approximate surface area is 72.2 Å². The summed E-state index contributed by atoms with van der Waals surface area (Å²) >= 11 is 0. The monoisotopic (exact) mass is 167 g/mol. The Morgan fingerprint density at radius 1 is 1.33 bits per heavy atom. The summed E-state index contributed by atoms with van der Waals surface area (Å²) in [5, 5.41) is 10.2. The highest BCUT2D eigenvalue weighted by molar-refractivity contribution is 5.32. The molecule has 0 spiro atoms. The lowest BCUT2D eigenvalue weighted by Crippen LogP contribution is -1.87. The van der Waals surface area contributed by atoms with Crippen molar-refractivity contribution in [3.8, 4) is 0 Å². The van der Waals surface area contributed by atoms with Crippen LogP contribution in [-0.4, -0.2) is 4.92 Å². The van der Waals surface area contributed by atoms with Gasteiger partial charge in [0.2, 0.25) is 0 Å². The van der Waals surface area contributed by atoms with Crippen molar-refractivity contribution in [3.05, 3.63) is 39.9 Å². The molecule has 0 radical (unpaired) electrons. The zero-order chi connectivity index (χ0) is 8.27. The van der Waals surface area contributed by atoms with Crippen molar-refractivity contribution in [2.24, 2.45) is 0 Å². The topological polar surface area (TPSA) is 43.1 Å². The third-order valence-corrected chi connectivity index (χ3v) is 1.56. The fourth-order valence-electron chi connectivity index (χ4n) is 0.853. The van der Waals surface area contributed by atoms with E-state index in [-0.39, 0.29) is 18.0 Å². The van der Waals surface area contributed by atoms with Crippen molar-refractivity contribution < 1.29 is 4.92 Å². The maximum Gasteiger partial charge on any atom is 0.269 e. The number of non-ortho nitro benzene ring substituents is 1. The first-order chi connectivity index (χ1) is 5.24. The van der Waals surface area contributed by atoms with Crippen LogP contribution in [0, 0.1) is 10.1 Å². The van der Waals surface area contributed by atoms with Crippen LogP contribution in [0.5, 0.6) is 0 Å². The van der Waals surface area contributed by atoms with Gasteiger partial charge in [0.15, 0.2) is 0 Å². The Balaban J connectivity index is 0.00000121. The van der Waals surface area contributed by atoms with Crippen LogP contribution in [0.25, 0.3) is 0 Å². The molecule has 0 amide bonds. The Morgan fingerprint density at radius 3 is 2.17 bits per heavy atom. The molecule has 1 aromatic carbocycles. The highest BCUT2D eigenvalue weighted by atomic mass is 16.6. The van der Waals surface area contributed by atoms with E-state index in [9.17, 15) is 10.1 Å². The van der Waals surface area contributed by atoms with E-state index in [1.807, 2.05) is 6.92 Å². The molecule has 12 heavy (non-hydrogen) atoms. The predicted molar refractivity (Wildman–Crippen MR) is 49.2 cm³/mol. The summed E-state index contributed by atoms with van der Waals surface area (Å²) in [5.41, 5.74) is 1.28. The number of rotatable bonds is 2. The molecule has 0 aliphatic carbocycles. The summed E-state index contributed by atoms with van der Waals surface area (Å²) in [6, 6.07) is 6.61.